The van der Waals surface area contributed by atoms with Crippen LogP contribution in [0.3, 0.4) is 0 Å². The second-order valence-electron chi connectivity index (χ2n) is 6.13. The smallest absolute Gasteiger partial charge is 0.257 e. The van der Waals surface area contributed by atoms with Crippen molar-refractivity contribution >= 4 is 11.6 Å². The lowest BCUT2D eigenvalue weighted by Gasteiger charge is -2.08. The van der Waals surface area contributed by atoms with Gasteiger partial charge >= 0.3 is 0 Å². The minimum atomic E-state index is -0.174. The zero-order chi connectivity index (χ0) is 18.6. The largest absolute Gasteiger partial charge is 0.334 e. The number of hydrogen-bond donors (Lipinski definition) is 1. The molecule has 5 nitrogen and oxygen atoms in total. The molecule has 1 heterocycles. The molecule has 27 heavy (non-hydrogen) atoms. The third kappa shape index (κ3) is 3.77. The van der Waals surface area contributed by atoms with E-state index < -0.39 is 0 Å². The van der Waals surface area contributed by atoms with Crippen LogP contribution in [0.1, 0.15) is 16.2 Å². The predicted molar refractivity (Wildman–Crippen MR) is 104 cm³/mol. The molecule has 0 unspecified atom stereocenters. The number of aryl methyl sites for hydroxylation is 1. The van der Waals surface area contributed by atoms with Crippen LogP contribution < -0.4 is 5.32 Å². The Morgan fingerprint density at radius 1 is 0.852 bits per heavy atom. The van der Waals surface area contributed by atoms with Crippen molar-refractivity contribution in [3.63, 3.8) is 0 Å². The first-order valence-electron chi connectivity index (χ1n) is 8.57. The average Bonchev–Trinajstić information content (AvgIpc) is 3.15. The van der Waals surface area contributed by atoms with Crippen LogP contribution >= 0.6 is 0 Å². The van der Waals surface area contributed by atoms with Crippen molar-refractivity contribution in [1.82, 2.24) is 10.1 Å². The Morgan fingerprint density at radius 2 is 1.59 bits per heavy atom. The highest BCUT2D eigenvalue weighted by atomic mass is 16.5. The Balaban J connectivity index is 1.56. The Kier molecular flexibility index (Phi) is 4.49. The average molecular weight is 355 g/mol. The maximum absolute atomic E-state index is 12.7. The molecule has 1 aromatic heterocycles. The molecular weight excluding hydrogens is 338 g/mol. The van der Waals surface area contributed by atoms with Crippen LogP contribution in [0, 0.1) is 6.92 Å². The Labute approximate surface area is 156 Å². The molecule has 0 bridgehead atoms. The van der Waals surface area contributed by atoms with E-state index >= 15 is 0 Å². The molecule has 0 aliphatic heterocycles. The fraction of sp³-hybridized carbons (Fsp3) is 0.0455. The Hall–Kier alpha value is -3.73. The molecule has 0 saturated carbocycles. The molecule has 5 heteroatoms. The molecule has 0 aliphatic carbocycles. The van der Waals surface area contributed by atoms with E-state index in [-0.39, 0.29) is 5.91 Å². The van der Waals surface area contributed by atoms with Crippen LogP contribution in [0.15, 0.2) is 83.4 Å². The number of hydrogen-bond acceptors (Lipinski definition) is 4. The third-order valence-electron chi connectivity index (χ3n) is 4.13. The summed E-state index contributed by atoms with van der Waals surface area (Å²) in [6.45, 7) is 1.76. The molecule has 0 spiro atoms. The van der Waals surface area contributed by atoms with E-state index in [1.54, 1.807) is 13.0 Å². The second-order valence-corrected chi connectivity index (χ2v) is 6.13. The number of amides is 1. The van der Waals surface area contributed by atoms with E-state index in [0.717, 1.165) is 16.7 Å². The molecule has 3 aromatic carbocycles. The molecule has 0 saturated heterocycles. The van der Waals surface area contributed by atoms with Gasteiger partial charge in [0.2, 0.25) is 0 Å². The zero-order valence-corrected chi connectivity index (χ0v) is 14.7. The summed E-state index contributed by atoms with van der Waals surface area (Å²) in [5, 5.41) is 6.72. The monoisotopic (exact) mass is 355 g/mol. The maximum Gasteiger partial charge on any atom is 0.257 e. The number of anilines is 1. The summed E-state index contributed by atoms with van der Waals surface area (Å²) in [4.78, 5) is 16.9. The van der Waals surface area contributed by atoms with E-state index in [9.17, 15) is 4.79 Å². The van der Waals surface area contributed by atoms with Gasteiger partial charge in [-0.25, -0.2) is 0 Å². The first-order valence-corrected chi connectivity index (χ1v) is 8.57. The molecular formula is C22H17N3O2. The molecule has 1 amide bonds. The lowest BCUT2D eigenvalue weighted by atomic mass is 10.0. The van der Waals surface area contributed by atoms with Crippen molar-refractivity contribution in [3.8, 4) is 22.6 Å². The van der Waals surface area contributed by atoms with Crippen LogP contribution in [-0.2, 0) is 0 Å². The van der Waals surface area contributed by atoms with Gasteiger partial charge in [0.15, 0.2) is 5.82 Å². The Morgan fingerprint density at radius 3 is 2.37 bits per heavy atom. The van der Waals surface area contributed by atoms with Gasteiger partial charge in [-0.2, -0.15) is 4.98 Å². The van der Waals surface area contributed by atoms with Gasteiger partial charge in [0.05, 0.1) is 0 Å². The quantitative estimate of drug-likeness (QED) is 0.561. The van der Waals surface area contributed by atoms with Crippen LogP contribution in [-0.4, -0.2) is 16.0 Å². The Bertz CT molecular complexity index is 1090. The van der Waals surface area contributed by atoms with Crippen LogP contribution in [0.4, 0.5) is 5.69 Å². The molecule has 0 radical (unpaired) electrons. The minimum Gasteiger partial charge on any atom is -0.334 e. The first kappa shape index (κ1) is 16.7. The van der Waals surface area contributed by atoms with Crippen LogP contribution in [0.5, 0.6) is 0 Å². The number of aromatic nitrogens is 2. The van der Waals surface area contributed by atoms with Gasteiger partial charge in [-0.05, 0) is 48.4 Å². The summed E-state index contributed by atoms with van der Waals surface area (Å²) in [7, 11) is 0. The van der Waals surface area contributed by atoms with E-state index in [4.69, 9.17) is 4.52 Å². The highest BCUT2D eigenvalue weighted by molar-refractivity contribution is 6.05. The van der Waals surface area contributed by atoms with Crippen molar-refractivity contribution < 1.29 is 9.32 Å². The number of nitrogens with one attached hydrogen (secondary N) is 1. The number of rotatable bonds is 4. The van der Waals surface area contributed by atoms with Gasteiger partial charge in [0, 0.05) is 16.8 Å². The molecule has 4 aromatic rings. The zero-order valence-electron chi connectivity index (χ0n) is 14.7. The van der Waals surface area contributed by atoms with Gasteiger partial charge in [-0.3, -0.25) is 4.79 Å². The van der Waals surface area contributed by atoms with Crippen molar-refractivity contribution in [2.45, 2.75) is 6.92 Å². The van der Waals surface area contributed by atoms with Crippen LogP contribution in [0.2, 0.25) is 0 Å². The van der Waals surface area contributed by atoms with E-state index in [1.807, 2.05) is 72.8 Å². The summed E-state index contributed by atoms with van der Waals surface area (Å²) >= 11 is 0. The van der Waals surface area contributed by atoms with E-state index in [0.29, 0.717) is 23.0 Å². The fourth-order valence-corrected chi connectivity index (χ4v) is 2.82. The predicted octanol–water partition coefficient (Wildman–Crippen LogP) is 4.96. The van der Waals surface area contributed by atoms with Crippen molar-refractivity contribution in [3.05, 3.63) is 90.3 Å². The highest BCUT2D eigenvalue weighted by Crippen LogP contribution is 2.23. The molecule has 0 aliphatic rings. The summed E-state index contributed by atoms with van der Waals surface area (Å²) in [5.41, 5.74) is 4.08. The molecule has 132 valence electrons. The fourth-order valence-electron chi connectivity index (χ4n) is 2.82. The third-order valence-corrected chi connectivity index (χ3v) is 4.13. The van der Waals surface area contributed by atoms with Gasteiger partial charge in [-0.1, -0.05) is 53.7 Å². The van der Waals surface area contributed by atoms with E-state index in [1.165, 1.54) is 0 Å². The number of carbonyl (C=O) groups is 1. The summed E-state index contributed by atoms with van der Waals surface area (Å²) in [6.07, 6.45) is 0. The lowest BCUT2D eigenvalue weighted by molar-refractivity contribution is 0.102. The number of nitrogens with zero attached hydrogens (tertiary/aromatic N) is 2. The molecule has 0 fully saturated rings. The molecule has 0 atom stereocenters. The van der Waals surface area contributed by atoms with Gasteiger partial charge in [-0.15, -0.1) is 0 Å². The maximum atomic E-state index is 12.7. The van der Waals surface area contributed by atoms with Gasteiger partial charge < -0.3 is 9.84 Å². The normalized spacial score (nSPS) is 10.6. The van der Waals surface area contributed by atoms with E-state index in [2.05, 4.69) is 15.5 Å². The van der Waals surface area contributed by atoms with Gasteiger partial charge in [0.1, 0.15) is 0 Å². The van der Waals surface area contributed by atoms with Crippen molar-refractivity contribution in [1.29, 1.82) is 0 Å². The minimum absolute atomic E-state index is 0.174. The first-order chi connectivity index (χ1) is 13.2. The SMILES string of the molecule is Cc1noc(-c2cccc(NC(=O)c3cccc(-c4ccccc4)c3)c2)n1. The lowest BCUT2D eigenvalue weighted by Crippen LogP contribution is -2.11. The highest BCUT2D eigenvalue weighted by Gasteiger charge is 2.10. The van der Waals surface area contributed by atoms with Gasteiger partial charge in [0.25, 0.3) is 11.8 Å². The summed E-state index contributed by atoms with van der Waals surface area (Å²) in [6, 6.07) is 24.9. The molecule has 4 rings (SSSR count). The standard InChI is InChI=1S/C22H17N3O2/c1-15-23-22(27-25-15)19-11-6-12-20(14-19)24-21(26)18-10-5-9-17(13-18)16-7-3-2-4-8-16/h2-14H,1H3,(H,24,26). The number of benzene rings is 3. The topological polar surface area (TPSA) is 68.0 Å². The van der Waals surface area contributed by atoms with Crippen LogP contribution in [0.25, 0.3) is 22.6 Å². The number of carbonyl (C=O) groups excluding carboxylic acids is 1. The summed E-state index contributed by atoms with van der Waals surface area (Å²) < 4.78 is 5.19. The van der Waals surface area contributed by atoms with Crippen molar-refractivity contribution in [2.24, 2.45) is 0 Å². The molecule has 1 N–H and O–H groups in total. The summed E-state index contributed by atoms with van der Waals surface area (Å²) in [5.74, 6) is 0.818. The van der Waals surface area contributed by atoms with Crippen molar-refractivity contribution in [2.75, 3.05) is 5.32 Å². The second kappa shape index (κ2) is 7.25.